The first kappa shape index (κ1) is 21.1. The molecular weight excluding hydrogens is 526 g/mol. The van der Waals surface area contributed by atoms with E-state index in [1.165, 1.54) is 0 Å². The second-order valence-corrected chi connectivity index (χ2v) is 11.4. The van der Waals surface area contributed by atoms with Gasteiger partial charge in [0, 0.05) is 28.4 Å². The van der Waals surface area contributed by atoms with Gasteiger partial charge in [-0.3, -0.25) is 4.79 Å². The van der Waals surface area contributed by atoms with Crippen molar-refractivity contribution in [3.8, 4) is 5.75 Å². The van der Waals surface area contributed by atoms with Gasteiger partial charge in [0.15, 0.2) is 0 Å². The number of nitrogens with zero attached hydrogens (tertiary/aromatic N) is 3. The molecule has 35 heavy (non-hydrogen) atoms. The number of hydrogen-bond acceptors (Lipinski definition) is 5. The van der Waals surface area contributed by atoms with Gasteiger partial charge in [-0.1, -0.05) is 47.1 Å². The summed E-state index contributed by atoms with van der Waals surface area (Å²) >= 11 is 5.29. The number of fused-ring (bicyclic) bond motifs is 9. The number of rotatable bonds is 4. The molecule has 1 saturated carbocycles. The van der Waals surface area contributed by atoms with Crippen LogP contribution in [0.1, 0.15) is 34.8 Å². The van der Waals surface area contributed by atoms with Gasteiger partial charge in [-0.25, -0.2) is 9.97 Å². The van der Waals surface area contributed by atoms with Crippen molar-refractivity contribution in [2.45, 2.75) is 31.4 Å². The summed E-state index contributed by atoms with van der Waals surface area (Å²) in [6.07, 6.45) is 0. The fourth-order valence-electron chi connectivity index (χ4n) is 5.68. The van der Waals surface area contributed by atoms with Crippen molar-refractivity contribution in [2.75, 3.05) is 0 Å². The van der Waals surface area contributed by atoms with Crippen molar-refractivity contribution in [2.24, 2.45) is 5.92 Å². The molecule has 5 aromatic rings. The van der Waals surface area contributed by atoms with Crippen LogP contribution in [0.5, 0.6) is 5.75 Å². The minimum absolute atomic E-state index is 0.189. The van der Waals surface area contributed by atoms with Gasteiger partial charge >= 0.3 is 5.97 Å². The summed E-state index contributed by atoms with van der Waals surface area (Å²) < 4.78 is 10.3. The van der Waals surface area contributed by atoms with E-state index in [0.29, 0.717) is 13.2 Å². The molecule has 3 aromatic carbocycles. The predicted molar refractivity (Wildman–Crippen MR) is 138 cm³/mol. The number of aromatic nitrogens is 3. The lowest BCUT2D eigenvalue weighted by Crippen LogP contribution is -2.15. The summed E-state index contributed by atoms with van der Waals surface area (Å²) in [5, 5.41) is 11.0. The third-order valence-electron chi connectivity index (χ3n) is 7.46. The standard InChI is InChI=1S/C27H20BrN3O3S/c1-27-16-10-14(6-8-17(16)28)12-31-20-9-7-15(11-19(20)30-25(31)23(27)24(27)26(32)33)34-13-22-29-18-4-2-3-5-21(18)35-22/h2-11,23-24H,12-13H2,1H3,(H,32,33)/t23?,24-,27?/m0/s1. The highest BCUT2D eigenvalue weighted by Crippen LogP contribution is 2.67. The molecule has 2 aromatic heterocycles. The van der Waals surface area contributed by atoms with E-state index < -0.39 is 17.3 Å². The Kier molecular flexibility index (Phi) is 4.45. The number of aliphatic carboxylic acids is 1. The maximum Gasteiger partial charge on any atom is 0.308 e. The van der Waals surface area contributed by atoms with Crippen molar-refractivity contribution in [3.63, 3.8) is 0 Å². The molecule has 1 aliphatic heterocycles. The first-order chi connectivity index (χ1) is 16.9. The van der Waals surface area contributed by atoms with E-state index in [4.69, 9.17) is 9.72 Å². The summed E-state index contributed by atoms with van der Waals surface area (Å²) in [7, 11) is 0. The Hall–Kier alpha value is -3.23. The van der Waals surface area contributed by atoms with Gasteiger partial charge < -0.3 is 14.4 Å². The number of thiazole rings is 1. The number of carboxylic acids is 1. The van der Waals surface area contributed by atoms with E-state index in [-0.39, 0.29) is 5.92 Å². The largest absolute Gasteiger partial charge is 0.486 e. The molecule has 0 spiro atoms. The van der Waals surface area contributed by atoms with Crippen molar-refractivity contribution in [1.29, 1.82) is 0 Å². The van der Waals surface area contributed by atoms with E-state index in [9.17, 15) is 9.90 Å². The lowest BCUT2D eigenvalue weighted by Gasteiger charge is -2.20. The van der Waals surface area contributed by atoms with Crippen LogP contribution in [-0.2, 0) is 23.4 Å². The smallest absolute Gasteiger partial charge is 0.308 e. The third kappa shape index (κ3) is 3.09. The number of ether oxygens (including phenoxy) is 1. The zero-order chi connectivity index (χ0) is 23.9. The van der Waals surface area contributed by atoms with E-state index in [1.807, 2.05) is 49.4 Å². The van der Waals surface area contributed by atoms with Crippen LogP contribution < -0.4 is 4.74 Å². The average molecular weight is 546 g/mol. The molecule has 174 valence electrons. The number of imidazole rings is 1. The molecule has 3 heterocycles. The number of halogens is 1. The van der Waals surface area contributed by atoms with Crippen molar-refractivity contribution in [3.05, 3.63) is 87.1 Å². The highest BCUT2D eigenvalue weighted by atomic mass is 79.9. The van der Waals surface area contributed by atoms with Crippen LogP contribution in [0.3, 0.4) is 0 Å². The van der Waals surface area contributed by atoms with Gasteiger partial charge in [-0.05, 0) is 41.5 Å². The molecule has 0 radical (unpaired) electrons. The summed E-state index contributed by atoms with van der Waals surface area (Å²) in [4.78, 5) is 21.9. The number of hydrogen-bond donors (Lipinski definition) is 1. The normalized spacial score (nSPS) is 22.3. The Balaban J connectivity index is 1.27. The fraction of sp³-hybridized carbons (Fsp3) is 0.222. The first-order valence-corrected chi connectivity index (χ1v) is 13.0. The van der Waals surface area contributed by atoms with Crippen LogP contribution in [0.2, 0.25) is 0 Å². The molecule has 1 fully saturated rings. The Bertz CT molecular complexity index is 1640. The van der Waals surface area contributed by atoms with Gasteiger partial charge in [-0.2, -0.15) is 0 Å². The molecule has 0 amide bonds. The molecule has 1 aliphatic carbocycles. The minimum Gasteiger partial charge on any atom is -0.486 e. The van der Waals surface area contributed by atoms with Gasteiger partial charge in [0.1, 0.15) is 23.2 Å². The molecule has 7 rings (SSSR count). The fourth-order valence-corrected chi connectivity index (χ4v) is 7.23. The zero-order valence-electron chi connectivity index (χ0n) is 18.7. The van der Waals surface area contributed by atoms with Crippen molar-refractivity contribution >= 4 is 54.5 Å². The van der Waals surface area contributed by atoms with Crippen LogP contribution >= 0.6 is 27.3 Å². The van der Waals surface area contributed by atoms with Crippen LogP contribution in [0.15, 0.2) is 65.1 Å². The molecule has 2 bridgehead atoms. The van der Waals surface area contributed by atoms with Gasteiger partial charge in [0.05, 0.1) is 27.2 Å². The lowest BCUT2D eigenvalue weighted by atomic mass is 9.91. The van der Waals surface area contributed by atoms with Gasteiger partial charge in [0.2, 0.25) is 0 Å². The maximum absolute atomic E-state index is 12.3. The van der Waals surface area contributed by atoms with E-state index in [1.54, 1.807) is 11.3 Å². The topological polar surface area (TPSA) is 77.2 Å². The second kappa shape index (κ2) is 7.38. The van der Waals surface area contributed by atoms with Gasteiger partial charge in [-0.15, -0.1) is 11.3 Å². The second-order valence-electron chi connectivity index (χ2n) is 9.46. The van der Waals surface area contributed by atoms with Crippen LogP contribution in [0, 0.1) is 5.92 Å². The SMILES string of the molecule is CC12c3cc(ccc3Br)Cn3c(nc4cc(OCc5nc6ccccc6s5)ccc43)C1[C@H]2C(=O)O. The van der Waals surface area contributed by atoms with Crippen molar-refractivity contribution in [1.82, 2.24) is 14.5 Å². The first-order valence-electron chi connectivity index (χ1n) is 11.4. The Morgan fingerprint density at radius 2 is 2.03 bits per heavy atom. The minimum atomic E-state index is -0.782. The molecule has 8 heteroatoms. The number of para-hydroxylation sites is 1. The molecule has 0 saturated heterocycles. The number of carbonyl (C=O) groups is 1. The van der Waals surface area contributed by atoms with Crippen LogP contribution in [-0.4, -0.2) is 25.6 Å². The van der Waals surface area contributed by atoms with E-state index in [0.717, 1.165) is 53.4 Å². The number of benzene rings is 3. The van der Waals surface area contributed by atoms with E-state index in [2.05, 4.69) is 43.7 Å². The molecule has 6 nitrogen and oxygen atoms in total. The summed E-state index contributed by atoms with van der Waals surface area (Å²) in [5.41, 5.74) is 4.45. The summed E-state index contributed by atoms with van der Waals surface area (Å²) in [6, 6.07) is 20.3. The highest BCUT2D eigenvalue weighted by Gasteiger charge is 2.69. The predicted octanol–water partition coefficient (Wildman–Crippen LogP) is 6.11. The monoisotopic (exact) mass is 545 g/mol. The van der Waals surface area contributed by atoms with Crippen molar-refractivity contribution < 1.29 is 14.6 Å². The third-order valence-corrected chi connectivity index (χ3v) is 9.16. The average Bonchev–Trinajstić information content (AvgIpc) is 3.12. The highest BCUT2D eigenvalue weighted by molar-refractivity contribution is 9.10. The van der Waals surface area contributed by atoms with Crippen LogP contribution in [0.4, 0.5) is 0 Å². The zero-order valence-corrected chi connectivity index (χ0v) is 21.1. The van der Waals surface area contributed by atoms with Crippen LogP contribution in [0.25, 0.3) is 21.3 Å². The molecule has 2 aliphatic rings. The Morgan fingerprint density at radius 1 is 1.17 bits per heavy atom. The summed E-state index contributed by atoms with van der Waals surface area (Å²) in [6.45, 7) is 3.08. The molecule has 2 unspecified atom stereocenters. The maximum atomic E-state index is 12.3. The van der Waals surface area contributed by atoms with E-state index >= 15 is 0 Å². The quantitative estimate of drug-likeness (QED) is 0.295. The Labute approximate surface area is 213 Å². The molecule has 1 N–H and O–H groups in total. The molecule has 3 atom stereocenters. The molecular formula is C27H20BrN3O3S. The van der Waals surface area contributed by atoms with Gasteiger partial charge in [0.25, 0.3) is 0 Å². The summed E-state index contributed by atoms with van der Waals surface area (Å²) in [5.74, 6) is 0.0652. The lowest BCUT2D eigenvalue weighted by molar-refractivity contribution is -0.139. The Morgan fingerprint density at radius 3 is 2.86 bits per heavy atom. The number of carboxylic acid groups (broad SMARTS) is 1.